The fourth-order valence-corrected chi connectivity index (χ4v) is 1.30. The average molecular weight is 234 g/mol. The molecule has 1 aromatic rings. The summed E-state index contributed by atoms with van der Waals surface area (Å²) in [5.74, 6) is -4.37. The minimum atomic E-state index is -3.36. The second-order valence-electron chi connectivity index (χ2n) is 2.99. The van der Waals surface area contributed by atoms with Gasteiger partial charge < -0.3 is 0 Å². The highest BCUT2D eigenvalue weighted by Gasteiger charge is 2.34. The minimum absolute atomic E-state index is 0.0445. The molecule has 0 bridgehead atoms. The molecular formula is C10H7ClF3N. The van der Waals surface area contributed by atoms with Gasteiger partial charge in [0.25, 0.3) is 5.92 Å². The van der Waals surface area contributed by atoms with Crippen LogP contribution in [-0.2, 0) is 5.92 Å². The Hall–Kier alpha value is -1.21. The van der Waals surface area contributed by atoms with Crippen LogP contribution in [0, 0.1) is 17.1 Å². The molecule has 0 aliphatic heterocycles. The molecule has 0 saturated heterocycles. The van der Waals surface area contributed by atoms with E-state index in [1.165, 1.54) is 6.07 Å². The first-order valence-corrected chi connectivity index (χ1v) is 4.55. The number of hydrogen-bond donors (Lipinski definition) is 0. The van der Waals surface area contributed by atoms with Crippen molar-refractivity contribution in [3.63, 3.8) is 0 Å². The molecule has 15 heavy (non-hydrogen) atoms. The summed E-state index contributed by atoms with van der Waals surface area (Å²) in [5.41, 5.74) is -0.759. The van der Waals surface area contributed by atoms with Crippen LogP contribution in [0.3, 0.4) is 0 Å². The van der Waals surface area contributed by atoms with Crippen molar-refractivity contribution in [3.8, 4) is 6.07 Å². The zero-order chi connectivity index (χ0) is 11.5. The maximum Gasteiger partial charge on any atom is 0.277 e. The standard InChI is InChI=1S/C10H7ClF3N/c11-7-2-3-9(12)8(6-7)10(13,14)4-1-5-15/h2-3,6H,1,4H2. The average Bonchev–Trinajstić information content (AvgIpc) is 2.18. The Kier molecular flexibility index (Phi) is 3.59. The lowest BCUT2D eigenvalue weighted by Crippen LogP contribution is -2.15. The van der Waals surface area contributed by atoms with Crippen LogP contribution in [0.2, 0.25) is 5.02 Å². The topological polar surface area (TPSA) is 23.8 Å². The Morgan fingerprint density at radius 1 is 1.40 bits per heavy atom. The van der Waals surface area contributed by atoms with Crippen molar-refractivity contribution >= 4 is 11.6 Å². The first-order valence-electron chi connectivity index (χ1n) is 4.17. The van der Waals surface area contributed by atoms with Crippen LogP contribution in [0.25, 0.3) is 0 Å². The summed E-state index contributed by atoms with van der Waals surface area (Å²) in [6.45, 7) is 0. The summed E-state index contributed by atoms with van der Waals surface area (Å²) >= 11 is 5.49. The third kappa shape index (κ3) is 2.87. The highest BCUT2D eigenvalue weighted by atomic mass is 35.5. The van der Waals surface area contributed by atoms with Crippen molar-refractivity contribution in [1.29, 1.82) is 5.26 Å². The molecule has 0 amide bonds. The monoisotopic (exact) mass is 233 g/mol. The van der Waals surface area contributed by atoms with Crippen LogP contribution in [0.4, 0.5) is 13.2 Å². The van der Waals surface area contributed by atoms with Gasteiger partial charge in [0.05, 0.1) is 11.6 Å². The molecular weight excluding hydrogens is 227 g/mol. The van der Waals surface area contributed by atoms with E-state index in [1.54, 1.807) is 6.07 Å². The molecule has 0 radical (unpaired) electrons. The molecule has 1 rings (SSSR count). The largest absolute Gasteiger partial charge is 0.277 e. The summed E-state index contributed by atoms with van der Waals surface area (Å²) in [6, 6.07) is 4.56. The summed E-state index contributed by atoms with van der Waals surface area (Å²) < 4.78 is 39.7. The molecule has 0 aliphatic carbocycles. The Labute approximate surface area is 90.1 Å². The van der Waals surface area contributed by atoms with Gasteiger partial charge in [-0.3, -0.25) is 0 Å². The molecule has 1 aromatic carbocycles. The SMILES string of the molecule is N#CCCC(F)(F)c1cc(Cl)ccc1F. The van der Waals surface area contributed by atoms with Gasteiger partial charge >= 0.3 is 0 Å². The molecule has 0 aromatic heterocycles. The Bertz CT molecular complexity index is 398. The predicted molar refractivity (Wildman–Crippen MR) is 50.2 cm³/mol. The molecule has 80 valence electrons. The first-order chi connectivity index (χ1) is 6.97. The Morgan fingerprint density at radius 2 is 2.07 bits per heavy atom. The number of hydrogen-bond acceptors (Lipinski definition) is 1. The van der Waals surface area contributed by atoms with Gasteiger partial charge in [-0.15, -0.1) is 0 Å². The van der Waals surface area contributed by atoms with E-state index in [9.17, 15) is 13.2 Å². The van der Waals surface area contributed by atoms with Crippen LogP contribution < -0.4 is 0 Å². The molecule has 0 saturated carbocycles. The second-order valence-corrected chi connectivity index (χ2v) is 3.42. The number of rotatable bonds is 3. The van der Waals surface area contributed by atoms with Crippen molar-refractivity contribution in [2.24, 2.45) is 0 Å². The summed E-state index contributed by atoms with van der Waals surface area (Å²) in [4.78, 5) is 0. The highest BCUT2D eigenvalue weighted by molar-refractivity contribution is 6.30. The normalized spacial score (nSPS) is 11.1. The molecule has 0 heterocycles. The molecule has 0 unspecified atom stereocenters. The molecule has 1 nitrogen and oxygen atoms in total. The molecule has 0 fully saturated rings. The Balaban J connectivity index is 3.03. The number of alkyl halides is 2. The van der Waals surface area contributed by atoms with Crippen molar-refractivity contribution in [2.45, 2.75) is 18.8 Å². The van der Waals surface area contributed by atoms with Gasteiger partial charge in [0.2, 0.25) is 0 Å². The van der Waals surface area contributed by atoms with Crippen LogP contribution in [0.1, 0.15) is 18.4 Å². The van der Waals surface area contributed by atoms with Gasteiger partial charge in [0.1, 0.15) is 5.82 Å². The number of halogens is 4. The summed E-state index contributed by atoms with van der Waals surface area (Å²) in [6.07, 6.45) is -1.04. The highest BCUT2D eigenvalue weighted by Crippen LogP contribution is 2.35. The van der Waals surface area contributed by atoms with Crippen molar-refractivity contribution in [3.05, 3.63) is 34.6 Å². The maximum absolute atomic E-state index is 13.3. The predicted octanol–water partition coefficient (Wildman–Crippen LogP) is 3.87. The van der Waals surface area contributed by atoms with Gasteiger partial charge in [-0.2, -0.15) is 5.26 Å². The van der Waals surface area contributed by atoms with Gasteiger partial charge in [-0.1, -0.05) is 11.6 Å². The number of nitrogens with zero attached hydrogens (tertiary/aromatic N) is 1. The van der Waals surface area contributed by atoms with Crippen molar-refractivity contribution in [2.75, 3.05) is 0 Å². The molecule has 0 N–H and O–H groups in total. The molecule has 5 heteroatoms. The molecule has 0 atom stereocenters. The van der Waals surface area contributed by atoms with E-state index in [0.29, 0.717) is 0 Å². The second kappa shape index (κ2) is 4.54. The maximum atomic E-state index is 13.3. The third-order valence-electron chi connectivity index (χ3n) is 1.87. The lowest BCUT2D eigenvalue weighted by Gasteiger charge is -2.15. The van der Waals surface area contributed by atoms with E-state index in [1.807, 2.05) is 0 Å². The first kappa shape index (κ1) is 11.9. The number of nitriles is 1. The van der Waals surface area contributed by atoms with Crippen molar-refractivity contribution in [1.82, 2.24) is 0 Å². The van der Waals surface area contributed by atoms with Gasteiger partial charge in [0.15, 0.2) is 0 Å². The van der Waals surface area contributed by atoms with E-state index in [4.69, 9.17) is 16.9 Å². The molecule has 0 aliphatic rings. The molecule has 0 spiro atoms. The summed E-state index contributed by atoms with van der Waals surface area (Å²) in [7, 11) is 0. The van der Waals surface area contributed by atoms with Gasteiger partial charge in [-0.05, 0) is 18.2 Å². The van der Waals surface area contributed by atoms with E-state index < -0.39 is 23.7 Å². The fraction of sp³-hybridized carbons (Fsp3) is 0.300. The minimum Gasteiger partial charge on any atom is -0.206 e. The van der Waals surface area contributed by atoms with Crippen LogP contribution in [0.15, 0.2) is 18.2 Å². The lowest BCUT2D eigenvalue weighted by atomic mass is 10.0. The van der Waals surface area contributed by atoms with Crippen LogP contribution in [0.5, 0.6) is 0 Å². The third-order valence-corrected chi connectivity index (χ3v) is 2.11. The van der Waals surface area contributed by atoms with Gasteiger partial charge in [0, 0.05) is 17.9 Å². The smallest absolute Gasteiger partial charge is 0.206 e. The van der Waals surface area contributed by atoms with Crippen LogP contribution >= 0.6 is 11.6 Å². The van der Waals surface area contributed by atoms with E-state index >= 15 is 0 Å². The van der Waals surface area contributed by atoms with E-state index in [0.717, 1.165) is 12.1 Å². The quantitative estimate of drug-likeness (QED) is 0.777. The Morgan fingerprint density at radius 3 is 2.67 bits per heavy atom. The zero-order valence-corrected chi connectivity index (χ0v) is 8.36. The fourth-order valence-electron chi connectivity index (χ4n) is 1.13. The van der Waals surface area contributed by atoms with Crippen LogP contribution in [-0.4, -0.2) is 0 Å². The van der Waals surface area contributed by atoms with E-state index in [2.05, 4.69) is 0 Å². The van der Waals surface area contributed by atoms with E-state index in [-0.39, 0.29) is 11.4 Å². The zero-order valence-electron chi connectivity index (χ0n) is 7.61. The van der Waals surface area contributed by atoms with Crippen molar-refractivity contribution < 1.29 is 13.2 Å². The number of benzene rings is 1. The summed E-state index contributed by atoms with van der Waals surface area (Å²) in [5, 5.41) is 8.24. The lowest BCUT2D eigenvalue weighted by molar-refractivity contribution is -0.0153. The van der Waals surface area contributed by atoms with Gasteiger partial charge in [-0.25, -0.2) is 13.2 Å².